The van der Waals surface area contributed by atoms with Crippen LogP contribution in [-0.2, 0) is 6.54 Å². The maximum atomic E-state index is 4.56. The molecule has 1 aliphatic rings. The van der Waals surface area contributed by atoms with Crippen molar-refractivity contribution >= 4 is 5.82 Å². The maximum absolute atomic E-state index is 4.56. The first-order valence-corrected chi connectivity index (χ1v) is 6.11. The van der Waals surface area contributed by atoms with E-state index in [2.05, 4.69) is 41.6 Å². The van der Waals surface area contributed by atoms with E-state index in [9.17, 15) is 0 Å². The maximum Gasteiger partial charge on any atom is 0.126 e. The zero-order valence-electron chi connectivity index (χ0n) is 10.4. The van der Waals surface area contributed by atoms with Gasteiger partial charge in [-0.25, -0.2) is 4.98 Å². The van der Waals surface area contributed by atoms with Gasteiger partial charge in [-0.1, -0.05) is 13.8 Å². The molecule has 0 aliphatic heterocycles. The Morgan fingerprint density at radius 2 is 2.12 bits per heavy atom. The lowest BCUT2D eigenvalue weighted by Gasteiger charge is -2.11. The Hall–Kier alpha value is -1.09. The first-order valence-electron chi connectivity index (χ1n) is 6.11. The molecule has 0 amide bonds. The number of rotatable bonds is 5. The molecule has 1 aromatic heterocycles. The number of hydrogen-bond donors (Lipinski definition) is 2. The lowest BCUT2D eigenvalue weighted by Crippen LogP contribution is -2.16. The third kappa shape index (κ3) is 2.95. The van der Waals surface area contributed by atoms with Crippen LogP contribution in [0.15, 0.2) is 12.1 Å². The van der Waals surface area contributed by atoms with Gasteiger partial charge in [0, 0.05) is 25.3 Å². The minimum Gasteiger partial charge on any atom is -0.373 e. The number of hydrogen-bond acceptors (Lipinski definition) is 3. The Morgan fingerprint density at radius 1 is 1.38 bits per heavy atom. The molecule has 3 nitrogen and oxygen atoms in total. The van der Waals surface area contributed by atoms with Gasteiger partial charge in [-0.3, -0.25) is 0 Å². The van der Waals surface area contributed by atoms with Crippen LogP contribution >= 0.6 is 0 Å². The summed E-state index contributed by atoms with van der Waals surface area (Å²) in [5, 5.41) is 6.66. The van der Waals surface area contributed by atoms with Crippen molar-refractivity contribution < 1.29 is 0 Å². The molecule has 1 heterocycles. The molecular weight excluding hydrogens is 198 g/mol. The highest BCUT2D eigenvalue weighted by Gasteiger charge is 2.20. The fraction of sp³-hybridized carbons (Fsp3) is 0.615. The molecule has 0 atom stereocenters. The standard InChI is InChI=1S/C13H21N3/c1-9(2)12-6-10(7-13(14-3)16-12)8-15-11-4-5-11/h6-7,9,11,15H,4-5,8H2,1-3H3,(H,14,16). The highest BCUT2D eigenvalue weighted by molar-refractivity contribution is 5.39. The number of pyridine rings is 1. The first-order chi connectivity index (χ1) is 7.69. The monoisotopic (exact) mass is 219 g/mol. The average molecular weight is 219 g/mol. The Labute approximate surface area is 97.7 Å². The molecular formula is C13H21N3. The molecule has 88 valence electrons. The van der Waals surface area contributed by atoms with Crippen molar-refractivity contribution in [3.05, 3.63) is 23.4 Å². The van der Waals surface area contributed by atoms with Gasteiger partial charge in [0.25, 0.3) is 0 Å². The zero-order valence-corrected chi connectivity index (χ0v) is 10.4. The van der Waals surface area contributed by atoms with E-state index >= 15 is 0 Å². The largest absolute Gasteiger partial charge is 0.373 e. The topological polar surface area (TPSA) is 37.0 Å². The molecule has 2 N–H and O–H groups in total. The van der Waals surface area contributed by atoms with E-state index in [0.29, 0.717) is 5.92 Å². The number of anilines is 1. The normalized spacial score (nSPS) is 15.5. The third-order valence-electron chi connectivity index (χ3n) is 2.92. The van der Waals surface area contributed by atoms with Crippen molar-refractivity contribution in [3.63, 3.8) is 0 Å². The molecule has 0 spiro atoms. The molecule has 1 aromatic rings. The number of aromatic nitrogens is 1. The van der Waals surface area contributed by atoms with Gasteiger partial charge < -0.3 is 10.6 Å². The van der Waals surface area contributed by atoms with Crippen LogP contribution in [0.5, 0.6) is 0 Å². The number of nitrogens with zero attached hydrogens (tertiary/aromatic N) is 1. The summed E-state index contributed by atoms with van der Waals surface area (Å²) in [4.78, 5) is 4.56. The highest BCUT2D eigenvalue weighted by atomic mass is 15.0. The summed E-state index contributed by atoms with van der Waals surface area (Å²) < 4.78 is 0. The summed E-state index contributed by atoms with van der Waals surface area (Å²) in [6.45, 7) is 5.32. The molecule has 1 saturated carbocycles. The van der Waals surface area contributed by atoms with Crippen LogP contribution < -0.4 is 10.6 Å². The van der Waals surface area contributed by atoms with E-state index in [0.717, 1.165) is 18.4 Å². The summed E-state index contributed by atoms with van der Waals surface area (Å²) in [5.41, 5.74) is 2.49. The predicted molar refractivity (Wildman–Crippen MR) is 67.7 cm³/mol. The van der Waals surface area contributed by atoms with E-state index in [-0.39, 0.29) is 0 Å². The Morgan fingerprint density at radius 3 is 2.69 bits per heavy atom. The van der Waals surface area contributed by atoms with Crippen LogP contribution in [-0.4, -0.2) is 18.1 Å². The second-order valence-electron chi connectivity index (χ2n) is 4.85. The molecule has 3 heteroatoms. The highest BCUT2D eigenvalue weighted by Crippen LogP contribution is 2.21. The number of nitrogens with one attached hydrogen (secondary N) is 2. The fourth-order valence-corrected chi connectivity index (χ4v) is 1.69. The predicted octanol–water partition coefficient (Wildman–Crippen LogP) is 2.50. The van der Waals surface area contributed by atoms with Gasteiger partial charge in [-0.15, -0.1) is 0 Å². The Kier molecular flexibility index (Phi) is 3.44. The van der Waals surface area contributed by atoms with Crippen molar-refractivity contribution in [2.45, 2.75) is 45.2 Å². The quantitative estimate of drug-likeness (QED) is 0.799. The van der Waals surface area contributed by atoms with Crippen LogP contribution in [0.2, 0.25) is 0 Å². The Balaban J connectivity index is 2.11. The summed E-state index contributed by atoms with van der Waals surface area (Å²) in [6, 6.07) is 5.09. The molecule has 2 rings (SSSR count). The average Bonchev–Trinajstić information content (AvgIpc) is 3.09. The second kappa shape index (κ2) is 4.83. The van der Waals surface area contributed by atoms with Crippen LogP contribution in [0.25, 0.3) is 0 Å². The summed E-state index contributed by atoms with van der Waals surface area (Å²) in [7, 11) is 1.92. The molecule has 16 heavy (non-hydrogen) atoms. The van der Waals surface area contributed by atoms with Crippen LogP contribution in [0.3, 0.4) is 0 Å². The van der Waals surface area contributed by atoms with Crippen LogP contribution in [0, 0.1) is 0 Å². The summed E-state index contributed by atoms with van der Waals surface area (Å²) in [5.74, 6) is 1.45. The van der Waals surface area contributed by atoms with Gasteiger partial charge in [0.15, 0.2) is 0 Å². The summed E-state index contributed by atoms with van der Waals surface area (Å²) >= 11 is 0. The second-order valence-corrected chi connectivity index (χ2v) is 4.85. The lowest BCUT2D eigenvalue weighted by molar-refractivity contribution is 0.684. The van der Waals surface area contributed by atoms with Gasteiger partial charge in [0.05, 0.1) is 0 Å². The minimum atomic E-state index is 0.480. The Bertz CT molecular complexity index is 356. The van der Waals surface area contributed by atoms with Gasteiger partial charge in [0.2, 0.25) is 0 Å². The third-order valence-corrected chi connectivity index (χ3v) is 2.92. The van der Waals surface area contributed by atoms with Crippen molar-refractivity contribution in [2.75, 3.05) is 12.4 Å². The van der Waals surface area contributed by atoms with Gasteiger partial charge in [0.1, 0.15) is 5.82 Å². The smallest absolute Gasteiger partial charge is 0.126 e. The van der Waals surface area contributed by atoms with Crippen LogP contribution in [0.1, 0.15) is 43.9 Å². The molecule has 1 aliphatic carbocycles. The van der Waals surface area contributed by atoms with E-state index in [1.165, 1.54) is 24.1 Å². The van der Waals surface area contributed by atoms with Crippen molar-refractivity contribution in [2.24, 2.45) is 0 Å². The van der Waals surface area contributed by atoms with Crippen LogP contribution in [0.4, 0.5) is 5.82 Å². The van der Waals surface area contributed by atoms with E-state index < -0.39 is 0 Å². The minimum absolute atomic E-state index is 0.480. The zero-order chi connectivity index (χ0) is 11.5. The van der Waals surface area contributed by atoms with Crippen molar-refractivity contribution in [1.29, 1.82) is 0 Å². The molecule has 0 aromatic carbocycles. The van der Waals surface area contributed by atoms with Gasteiger partial charge in [-0.05, 0) is 36.5 Å². The first kappa shape index (κ1) is 11.4. The van der Waals surface area contributed by atoms with Crippen molar-refractivity contribution in [1.82, 2.24) is 10.3 Å². The van der Waals surface area contributed by atoms with Crippen molar-refractivity contribution in [3.8, 4) is 0 Å². The molecule has 1 fully saturated rings. The SMILES string of the molecule is CNc1cc(CNC2CC2)cc(C(C)C)n1. The van der Waals surface area contributed by atoms with Gasteiger partial charge >= 0.3 is 0 Å². The lowest BCUT2D eigenvalue weighted by atomic mass is 10.1. The van der Waals surface area contributed by atoms with E-state index in [4.69, 9.17) is 0 Å². The molecule has 0 radical (unpaired) electrons. The summed E-state index contributed by atoms with van der Waals surface area (Å²) in [6.07, 6.45) is 2.67. The van der Waals surface area contributed by atoms with E-state index in [1.807, 2.05) is 7.05 Å². The molecule has 0 unspecified atom stereocenters. The fourth-order valence-electron chi connectivity index (χ4n) is 1.69. The molecule has 0 saturated heterocycles. The van der Waals surface area contributed by atoms with Gasteiger partial charge in [-0.2, -0.15) is 0 Å². The molecule has 0 bridgehead atoms. The van der Waals surface area contributed by atoms with E-state index in [1.54, 1.807) is 0 Å².